The van der Waals surface area contributed by atoms with E-state index in [1.807, 2.05) is 24.3 Å². The summed E-state index contributed by atoms with van der Waals surface area (Å²) in [6.07, 6.45) is 1.35. The number of nitrogens with one attached hydrogen (secondary N) is 1. The number of rotatable bonds is 10. The van der Waals surface area contributed by atoms with Gasteiger partial charge in [0.05, 0.1) is 16.7 Å². The summed E-state index contributed by atoms with van der Waals surface area (Å²) in [5, 5.41) is 3.95. The van der Waals surface area contributed by atoms with Crippen LogP contribution in [0.15, 0.2) is 46.2 Å². The topological polar surface area (TPSA) is 55.4 Å². The zero-order valence-electron chi connectivity index (χ0n) is 17.0. The molecule has 1 fully saturated rings. The molecule has 0 heterocycles. The zero-order chi connectivity index (χ0) is 21.7. The highest BCUT2D eigenvalue weighted by atomic mass is 35.5. The number of hydrogen-bond acceptors (Lipinski definition) is 4. The molecule has 30 heavy (non-hydrogen) atoms. The first-order valence-electron chi connectivity index (χ1n) is 10.0. The second-order valence-electron chi connectivity index (χ2n) is 7.64. The first-order valence-corrected chi connectivity index (χ1v) is 11.6. The summed E-state index contributed by atoms with van der Waals surface area (Å²) in [7, 11) is 0. The van der Waals surface area contributed by atoms with E-state index in [0.717, 1.165) is 16.9 Å². The van der Waals surface area contributed by atoms with E-state index < -0.39 is 0 Å². The van der Waals surface area contributed by atoms with E-state index in [0.29, 0.717) is 42.0 Å². The SMILES string of the molecule is CC(C)c1ccccc1Sc1ccc(C2CC2C(=O)NCCCOC=O)c(Cl)c1Cl. The van der Waals surface area contributed by atoms with Crippen molar-refractivity contribution in [2.24, 2.45) is 5.92 Å². The first kappa shape index (κ1) is 23.0. The Morgan fingerprint density at radius 3 is 2.70 bits per heavy atom. The van der Waals surface area contributed by atoms with E-state index in [1.165, 1.54) is 10.5 Å². The van der Waals surface area contributed by atoms with Gasteiger partial charge in [0.15, 0.2) is 0 Å². The molecule has 1 N–H and O–H groups in total. The molecule has 2 unspecified atom stereocenters. The average Bonchev–Trinajstić information content (AvgIpc) is 3.52. The number of benzene rings is 2. The van der Waals surface area contributed by atoms with Crippen LogP contribution in [0.3, 0.4) is 0 Å². The lowest BCUT2D eigenvalue weighted by atomic mass is 10.0. The molecule has 0 aromatic heterocycles. The Kier molecular flexibility index (Phi) is 8.09. The molecule has 0 spiro atoms. The van der Waals surface area contributed by atoms with Crippen molar-refractivity contribution in [1.29, 1.82) is 0 Å². The van der Waals surface area contributed by atoms with Crippen LogP contribution in [0.4, 0.5) is 0 Å². The maximum Gasteiger partial charge on any atom is 0.293 e. The van der Waals surface area contributed by atoms with Crippen molar-refractivity contribution in [3.05, 3.63) is 57.6 Å². The highest BCUT2D eigenvalue weighted by Gasteiger charge is 2.45. The Bertz CT molecular complexity index is 919. The molecule has 4 nitrogen and oxygen atoms in total. The van der Waals surface area contributed by atoms with E-state index in [1.54, 1.807) is 11.8 Å². The summed E-state index contributed by atoms with van der Waals surface area (Å²) < 4.78 is 4.62. The monoisotopic (exact) mass is 465 g/mol. The molecule has 1 aliphatic rings. The third-order valence-corrected chi connectivity index (χ3v) is 7.33. The van der Waals surface area contributed by atoms with Crippen LogP contribution in [0, 0.1) is 5.92 Å². The molecule has 2 aromatic carbocycles. The van der Waals surface area contributed by atoms with Crippen LogP contribution in [-0.4, -0.2) is 25.5 Å². The Hall–Kier alpha value is -1.69. The second-order valence-corrected chi connectivity index (χ2v) is 9.48. The normalized spacial score (nSPS) is 17.6. The van der Waals surface area contributed by atoms with Crippen molar-refractivity contribution >= 4 is 47.3 Å². The molecule has 0 aliphatic heterocycles. The van der Waals surface area contributed by atoms with Gasteiger partial charge in [-0.05, 0) is 47.9 Å². The standard InChI is InChI=1S/C23H25Cl2NO3S/c1-14(2)15-6-3-4-7-19(15)30-20-9-8-16(21(24)22(20)25)17-12-18(17)23(28)26-10-5-11-29-13-27/h3-4,6-9,13-14,17-18H,5,10-12H2,1-2H3,(H,26,28). The molecular weight excluding hydrogens is 441 g/mol. The summed E-state index contributed by atoms with van der Waals surface area (Å²) in [4.78, 5) is 24.5. The van der Waals surface area contributed by atoms with Crippen molar-refractivity contribution in [2.45, 2.75) is 48.3 Å². The van der Waals surface area contributed by atoms with E-state index in [9.17, 15) is 9.59 Å². The molecule has 2 atom stereocenters. The van der Waals surface area contributed by atoms with Crippen LogP contribution in [0.25, 0.3) is 0 Å². The molecule has 0 saturated heterocycles. The predicted molar refractivity (Wildman–Crippen MR) is 122 cm³/mol. The number of hydrogen-bond donors (Lipinski definition) is 1. The Labute approximate surface area is 191 Å². The lowest BCUT2D eigenvalue weighted by molar-refractivity contribution is -0.128. The van der Waals surface area contributed by atoms with Gasteiger partial charge in [-0.15, -0.1) is 0 Å². The third kappa shape index (κ3) is 5.51. The first-order chi connectivity index (χ1) is 14.4. The number of amides is 1. The second kappa shape index (κ2) is 10.6. The van der Waals surface area contributed by atoms with Gasteiger partial charge < -0.3 is 10.1 Å². The van der Waals surface area contributed by atoms with Crippen molar-refractivity contribution in [1.82, 2.24) is 5.32 Å². The smallest absolute Gasteiger partial charge is 0.293 e. The Morgan fingerprint density at radius 1 is 1.20 bits per heavy atom. The minimum Gasteiger partial charge on any atom is -0.468 e. The van der Waals surface area contributed by atoms with E-state index in [2.05, 4.69) is 36.0 Å². The van der Waals surface area contributed by atoms with Crippen LogP contribution in [0.5, 0.6) is 0 Å². The number of carbonyl (C=O) groups is 2. The van der Waals surface area contributed by atoms with E-state index >= 15 is 0 Å². The maximum atomic E-state index is 12.3. The minimum atomic E-state index is -0.0919. The van der Waals surface area contributed by atoms with Crippen molar-refractivity contribution in [2.75, 3.05) is 13.2 Å². The Morgan fingerprint density at radius 2 is 1.97 bits per heavy atom. The molecule has 1 amide bonds. The molecule has 1 saturated carbocycles. The van der Waals surface area contributed by atoms with Crippen molar-refractivity contribution in [3.8, 4) is 0 Å². The van der Waals surface area contributed by atoms with Gasteiger partial charge in [-0.1, -0.05) is 73.1 Å². The van der Waals surface area contributed by atoms with Gasteiger partial charge in [0, 0.05) is 22.3 Å². The average molecular weight is 466 g/mol. The molecule has 1 aliphatic carbocycles. The van der Waals surface area contributed by atoms with Gasteiger partial charge in [0.25, 0.3) is 6.47 Å². The van der Waals surface area contributed by atoms with Gasteiger partial charge >= 0.3 is 0 Å². The molecule has 2 aromatic rings. The quantitative estimate of drug-likeness (QED) is 0.342. The zero-order valence-corrected chi connectivity index (χ0v) is 19.3. The summed E-state index contributed by atoms with van der Waals surface area (Å²) in [5.41, 5.74) is 2.20. The summed E-state index contributed by atoms with van der Waals surface area (Å²) in [6.45, 7) is 5.54. The van der Waals surface area contributed by atoms with Crippen LogP contribution >= 0.6 is 35.0 Å². The molecular formula is C23H25Cl2NO3S. The van der Waals surface area contributed by atoms with Crippen LogP contribution in [-0.2, 0) is 14.3 Å². The lowest BCUT2D eigenvalue weighted by Gasteiger charge is -2.14. The molecule has 160 valence electrons. The predicted octanol–water partition coefficient (Wildman–Crippen LogP) is 6.05. The van der Waals surface area contributed by atoms with Gasteiger partial charge in [-0.2, -0.15) is 0 Å². The maximum absolute atomic E-state index is 12.3. The van der Waals surface area contributed by atoms with Gasteiger partial charge in [-0.3, -0.25) is 9.59 Å². The third-order valence-electron chi connectivity index (χ3n) is 5.17. The largest absolute Gasteiger partial charge is 0.468 e. The summed E-state index contributed by atoms with van der Waals surface area (Å²) in [6, 6.07) is 12.3. The van der Waals surface area contributed by atoms with Crippen molar-refractivity contribution in [3.63, 3.8) is 0 Å². The van der Waals surface area contributed by atoms with Gasteiger partial charge in [-0.25, -0.2) is 0 Å². The number of ether oxygens (including phenoxy) is 1. The lowest BCUT2D eigenvalue weighted by Crippen LogP contribution is -2.27. The van der Waals surface area contributed by atoms with Crippen molar-refractivity contribution < 1.29 is 14.3 Å². The number of halogens is 2. The van der Waals surface area contributed by atoms with Crippen LogP contribution in [0.1, 0.15) is 49.7 Å². The molecule has 3 rings (SSSR count). The van der Waals surface area contributed by atoms with E-state index in [-0.39, 0.29) is 17.7 Å². The van der Waals surface area contributed by atoms with E-state index in [4.69, 9.17) is 23.2 Å². The molecule has 7 heteroatoms. The fourth-order valence-corrected chi connectivity index (χ4v) is 5.24. The van der Waals surface area contributed by atoms with Crippen LogP contribution in [0.2, 0.25) is 10.0 Å². The summed E-state index contributed by atoms with van der Waals surface area (Å²) in [5.74, 6) is 0.412. The van der Waals surface area contributed by atoms with Gasteiger partial charge in [0.1, 0.15) is 0 Å². The summed E-state index contributed by atoms with van der Waals surface area (Å²) >= 11 is 14.8. The number of carbonyl (C=O) groups excluding carboxylic acids is 2. The molecule has 0 radical (unpaired) electrons. The minimum absolute atomic E-state index is 0.00241. The van der Waals surface area contributed by atoms with Crippen LogP contribution < -0.4 is 5.32 Å². The molecule has 0 bridgehead atoms. The fourth-order valence-electron chi connectivity index (χ4n) is 3.46. The fraction of sp³-hybridized carbons (Fsp3) is 0.391. The van der Waals surface area contributed by atoms with Gasteiger partial charge in [0.2, 0.25) is 5.91 Å². The Balaban J connectivity index is 1.65. The highest BCUT2D eigenvalue weighted by molar-refractivity contribution is 7.99. The highest BCUT2D eigenvalue weighted by Crippen LogP contribution is 2.52.